The zero-order chi connectivity index (χ0) is 12.1. The molecule has 1 aliphatic rings. The molecule has 0 spiro atoms. The number of pyridine rings is 1. The van der Waals surface area contributed by atoms with Crippen LogP contribution in [0.1, 0.15) is 28.8 Å². The monoisotopic (exact) mass is 305 g/mol. The quantitative estimate of drug-likeness (QED) is 0.897. The molecule has 6 heteroatoms. The fraction of sp³-hybridized carbons (Fsp3) is 0.538. The molecule has 1 amide bonds. The lowest BCUT2D eigenvalue weighted by molar-refractivity contribution is 0.0944. The van der Waals surface area contributed by atoms with Crippen molar-refractivity contribution in [2.24, 2.45) is 5.92 Å². The average molecular weight is 306 g/mol. The molecule has 1 saturated heterocycles. The number of hydrogen-bond acceptors (Lipinski definition) is 3. The molecule has 2 heterocycles. The summed E-state index contributed by atoms with van der Waals surface area (Å²) in [5.74, 6) is 0.539. The first-order valence-electron chi connectivity index (χ1n) is 6.16. The van der Waals surface area contributed by atoms with Gasteiger partial charge in [-0.1, -0.05) is 0 Å². The van der Waals surface area contributed by atoms with Gasteiger partial charge in [0.05, 0.1) is 5.56 Å². The number of amides is 1. The van der Waals surface area contributed by atoms with E-state index in [9.17, 15) is 4.79 Å². The zero-order valence-corrected chi connectivity index (χ0v) is 12.6. The molecule has 19 heavy (non-hydrogen) atoms. The Morgan fingerprint density at radius 2 is 2.26 bits per heavy atom. The fourth-order valence-electron chi connectivity index (χ4n) is 2.12. The van der Waals surface area contributed by atoms with Gasteiger partial charge in [-0.25, -0.2) is 0 Å². The van der Waals surface area contributed by atoms with E-state index in [1.807, 2.05) is 13.0 Å². The summed E-state index contributed by atoms with van der Waals surface area (Å²) >= 11 is 0. The minimum absolute atomic E-state index is 0. The van der Waals surface area contributed by atoms with Crippen LogP contribution in [0.3, 0.4) is 0 Å². The molecule has 2 rings (SSSR count). The molecule has 0 saturated carbocycles. The highest BCUT2D eigenvalue weighted by atomic mass is 35.5. The van der Waals surface area contributed by atoms with Crippen molar-refractivity contribution in [3.63, 3.8) is 0 Å². The van der Waals surface area contributed by atoms with Crippen LogP contribution < -0.4 is 10.6 Å². The predicted molar refractivity (Wildman–Crippen MR) is 81.4 cm³/mol. The first-order valence-corrected chi connectivity index (χ1v) is 6.16. The van der Waals surface area contributed by atoms with Crippen molar-refractivity contribution in [3.8, 4) is 0 Å². The second kappa shape index (κ2) is 9.13. The van der Waals surface area contributed by atoms with Crippen molar-refractivity contribution in [1.82, 2.24) is 15.6 Å². The van der Waals surface area contributed by atoms with E-state index in [4.69, 9.17) is 0 Å². The number of rotatable bonds is 3. The SMILES string of the molecule is Cc1cncc(C(=O)NCC2CCCNC2)c1.Cl.Cl. The number of hydrogen-bond donors (Lipinski definition) is 2. The van der Waals surface area contributed by atoms with Crippen molar-refractivity contribution < 1.29 is 4.79 Å². The maximum absolute atomic E-state index is 11.9. The topological polar surface area (TPSA) is 54.0 Å². The van der Waals surface area contributed by atoms with Gasteiger partial charge in [0.25, 0.3) is 5.91 Å². The lowest BCUT2D eigenvalue weighted by Crippen LogP contribution is -2.38. The third kappa shape index (κ3) is 5.76. The number of carbonyl (C=O) groups is 1. The van der Waals surface area contributed by atoms with Crippen LogP contribution >= 0.6 is 24.8 Å². The van der Waals surface area contributed by atoms with Gasteiger partial charge in [-0.15, -0.1) is 24.8 Å². The van der Waals surface area contributed by atoms with E-state index in [2.05, 4.69) is 15.6 Å². The Hall–Kier alpha value is -0.840. The van der Waals surface area contributed by atoms with E-state index < -0.39 is 0 Å². The van der Waals surface area contributed by atoms with Gasteiger partial charge >= 0.3 is 0 Å². The molecular formula is C13H21Cl2N3O. The van der Waals surface area contributed by atoms with Gasteiger partial charge in [0.2, 0.25) is 0 Å². The molecule has 0 radical (unpaired) electrons. The van der Waals surface area contributed by atoms with Gasteiger partial charge in [0.1, 0.15) is 0 Å². The summed E-state index contributed by atoms with van der Waals surface area (Å²) in [5, 5.41) is 6.32. The summed E-state index contributed by atoms with van der Waals surface area (Å²) in [6.45, 7) is 4.80. The Morgan fingerprint density at radius 3 is 2.89 bits per heavy atom. The number of halogens is 2. The summed E-state index contributed by atoms with van der Waals surface area (Å²) in [5.41, 5.74) is 1.66. The molecule has 1 unspecified atom stereocenters. The van der Waals surface area contributed by atoms with Crippen LogP contribution in [0.4, 0.5) is 0 Å². The fourth-order valence-corrected chi connectivity index (χ4v) is 2.12. The summed E-state index contributed by atoms with van der Waals surface area (Å²) in [4.78, 5) is 15.9. The second-order valence-corrected chi connectivity index (χ2v) is 4.67. The highest BCUT2D eigenvalue weighted by molar-refractivity contribution is 5.93. The van der Waals surface area contributed by atoms with Crippen LogP contribution in [0.2, 0.25) is 0 Å². The number of piperidine rings is 1. The van der Waals surface area contributed by atoms with E-state index in [1.165, 1.54) is 12.8 Å². The number of nitrogens with zero attached hydrogens (tertiary/aromatic N) is 1. The predicted octanol–water partition coefficient (Wildman–Crippen LogP) is 1.96. The third-order valence-electron chi connectivity index (χ3n) is 3.09. The van der Waals surface area contributed by atoms with Crippen LogP contribution in [0.5, 0.6) is 0 Å². The third-order valence-corrected chi connectivity index (χ3v) is 3.09. The number of carbonyl (C=O) groups excluding carboxylic acids is 1. The number of nitrogens with one attached hydrogen (secondary N) is 2. The summed E-state index contributed by atoms with van der Waals surface area (Å²) in [7, 11) is 0. The van der Waals surface area contributed by atoms with Gasteiger partial charge in [-0.05, 0) is 50.4 Å². The van der Waals surface area contributed by atoms with Gasteiger partial charge in [-0.3, -0.25) is 9.78 Å². The van der Waals surface area contributed by atoms with E-state index in [0.717, 1.165) is 25.2 Å². The lowest BCUT2D eigenvalue weighted by atomic mass is 10.00. The van der Waals surface area contributed by atoms with E-state index in [1.54, 1.807) is 12.4 Å². The van der Waals surface area contributed by atoms with Crippen molar-refractivity contribution in [2.75, 3.05) is 19.6 Å². The molecule has 1 atom stereocenters. The van der Waals surface area contributed by atoms with Crippen LogP contribution in [0.25, 0.3) is 0 Å². The standard InChI is InChI=1S/C13H19N3O.2ClH/c1-10-5-12(9-15-6-10)13(17)16-8-11-3-2-4-14-7-11;;/h5-6,9,11,14H,2-4,7-8H2,1H3,(H,16,17);2*1H. The molecule has 0 bridgehead atoms. The average Bonchev–Trinajstić information content (AvgIpc) is 2.37. The maximum Gasteiger partial charge on any atom is 0.252 e. The Labute approximate surface area is 126 Å². The molecule has 4 nitrogen and oxygen atoms in total. The van der Waals surface area contributed by atoms with Gasteiger partial charge in [0, 0.05) is 18.9 Å². The minimum Gasteiger partial charge on any atom is -0.352 e. The largest absolute Gasteiger partial charge is 0.352 e. The lowest BCUT2D eigenvalue weighted by Gasteiger charge is -2.22. The summed E-state index contributed by atoms with van der Waals surface area (Å²) in [6.07, 6.45) is 5.76. The van der Waals surface area contributed by atoms with Crippen molar-refractivity contribution >= 4 is 30.7 Å². The van der Waals surface area contributed by atoms with E-state index in [0.29, 0.717) is 11.5 Å². The smallest absolute Gasteiger partial charge is 0.252 e. The second-order valence-electron chi connectivity index (χ2n) is 4.67. The molecule has 1 aromatic rings. The number of aryl methyl sites for hydroxylation is 1. The molecule has 108 valence electrons. The normalized spacial score (nSPS) is 17.8. The summed E-state index contributed by atoms with van der Waals surface area (Å²) in [6, 6.07) is 1.86. The maximum atomic E-state index is 11.9. The zero-order valence-electron chi connectivity index (χ0n) is 11.0. The van der Waals surface area contributed by atoms with Crippen molar-refractivity contribution in [1.29, 1.82) is 0 Å². The Morgan fingerprint density at radius 1 is 1.47 bits per heavy atom. The van der Waals surface area contributed by atoms with Crippen LogP contribution in [0.15, 0.2) is 18.5 Å². The van der Waals surface area contributed by atoms with Gasteiger partial charge in [0.15, 0.2) is 0 Å². The first-order chi connectivity index (χ1) is 8.25. The molecule has 1 aromatic heterocycles. The Balaban J connectivity index is 0.00000162. The Kier molecular flexibility index (Phi) is 8.72. The van der Waals surface area contributed by atoms with Crippen molar-refractivity contribution in [2.45, 2.75) is 19.8 Å². The molecule has 2 N–H and O–H groups in total. The number of aromatic nitrogens is 1. The van der Waals surface area contributed by atoms with Gasteiger partial charge < -0.3 is 10.6 Å². The molecule has 0 aromatic carbocycles. The molecule has 1 fully saturated rings. The van der Waals surface area contributed by atoms with Crippen LogP contribution in [-0.2, 0) is 0 Å². The highest BCUT2D eigenvalue weighted by Gasteiger charge is 2.14. The van der Waals surface area contributed by atoms with E-state index >= 15 is 0 Å². The summed E-state index contributed by atoms with van der Waals surface area (Å²) < 4.78 is 0. The van der Waals surface area contributed by atoms with Crippen LogP contribution in [-0.4, -0.2) is 30.5 Å². The molecular weight excluding hydrogens is 285 g/mol. The highest BCUT2D eigenvalue weighted by Crippen LogP contribution is 2.08. The Bertz CT molecular complexity index is 395. The molecule has 1 aliphatic heterocycles. The van der Waals surface area contributed by atoms with Crippen LogP contribution in [0, 0.1) is 12.8 Å². The molecule has 0 aliphatic carbocycles. The first kappa shape index (κ1) is 18.2. The van der Waals surface area contributed by atoms with E-state index in [-0.39, 0.29) is 30.7 Å². The van der Waals surface area contributed by atoms with Gasteiger partial charge in [-0.2, -0.15) is 0 Å². The van der Waals surface area contributed by atoms with Crippen molar-refractivity contribution in [3.05, 3.63) is 29.6 Å². The minimum atomic E-state index is -0.0215.